The molecule has 0 aliphatic carbocycles. The van der Waals surface area contributed by atoms with Crippen LogP contribution in [0.5, 0.6) is 0 Å². The molecule has 17 heavy (non-hydrogen) atoms. The Balaban J connectivity index is 2.75. The predicted octanol–water partition coefficient (Wildman–Crippen LogP) is 2.29. The Morgan fingerprint density at radius 1 is 1.29 bits per heavy atom. The Labute approximate surface area is 111 Å². The van der Waals surface area contributed by atoms with Gasteiger partial charge < -0.3 is 5.32 Å². The van der Waals surface area contributed by atoms with Gasteiger partial charge in [0.1, 0.15) is 0 Å². The third-order valence-corrected chi connectivity index (χ3v) is 2.52. The van der Waals surface area contributed by atoms with Gasteiger partial charge in [0.25, 0.3) is 0 Å². The molecule has 0 radical (unpaired) electrons. The number of thiocarbonyl (C=S) groups is 1. The van der Waals surface area contributed by atoms with E-state index in [1.165, 1.54) is 6.92 Å². The fourth-order valence-corrected chi connectivity index (χ4v) is 1.89. The minimum absolute atomic E-state index is 0.221. The van der Waals surface area contributed by atoms with Gasteiger partial charge in [0.15, 0.2) is 5.11 Å². The fraction of sp³-hybridized carbons (Fsp3) is 0.273. The van der Waals surface area contributed by atoms with E-state index in [1.54, 1.807) is 0 Å². The number of carbonyl (C=O) groups is 1. The predicted molar refractivity (Wildman–Crippen MR) is 74.1 cm³/mol. The maximum absolute atomic E-state index is 10.7. The van der Waals surface area contributed by atoms with Gasteiger partial charge in [0.05, 0.1) is 10.7 Å². The number of amides is 1. The minimum Gasteiger partial charge on any atom is -0.330 e. The van der Waals surface area contributed by atoms with Crippen molar-refractivity contribution in [3.63, 3.8) is 0 Å². The summed E-state index contributed by atoms with van der Waals surface area (Å²) in [4.78, 5) is 10.7. The zero-order valence-corrected chi connectivity index (χ0v) is 11.4. The molecule has 1 aromatic carbocycles. The summed E-state index contributed by atoms with van der Waals surface area (Å²) in [6.07, 6.45) is 0. The van der Waals surface area contributed by atoms with Crippen LogP contribution in [0, 0.1) is 13.8 Å². The molecule has 0 saturated heterocycles. The summed E-state index contributed by atoms with van der Waals surface area (Å²) in [7, 11) is 0. The molecule has 0 saturated carbocycles. The van der Waals surface area contributed by atoms with Gasteiger partial charge in [-0.2, -0.15) is 0 Å². The number of rotatable bonds is 1. The van der Waals surface area contributed by atoms with Crippen LogP contribution in [-0.2, 0) is 4.79 Å². The lowest BCUT2D eigenvalue weighted by atomic mass is 10.1. The van der Waals surface area contributed by atoms with Gasteiger partial charge in [-0.15, -0.1) is 0 Å². The Kier molecular flexibility index (Phi) is 4.72. The average Bonchev–Trinajstić information content (AvgIpc) is 2.20. The Morgan fingerprint density at radius 2 is 1.94 bits per heavy atom. The van der Waals surface area contributed by atoms with Crippen molar-refractivity contribution >= 4 is 40.5 Å². The summed E-state index contributed by atoms with van der Waals surface area (Å²) in [6.45, 7) is 5.29. The van der Waals surface area contributed by atoms with Crippen molar-refractivity contribution < 1.29 is 4.79 Å². The quantitative estimate of drug-likeness (QED) is 0.542. The highest BCUT2D eigenvalue weighted by Gasteiger charge is 2.07. The normalized spacial score (nSPS) is 9.65. The van der Waals surface area contributed by atoms with Crippen molar-refractivity contribution in [1.29, 1.82) is 0 Å². The minimum atomic E-state index is -0.221. The number of aryl methyl sites for hydroxylation is 2. The van der Waals surface area contributed by atoms with Crippen LogP contribution >= 0.6 is 23.8 Å². The van der Waals surface area contributed by atoms with Gasteiger partial charge in [-0.05, 0) is 43.3 Å². The first kappa shape index (κ1) is 13.7. The van der Waals surface area contributed by atoms with Crippen LogP contribution in [0.4, 0.5) is 5.69 Å². The fourth-order valence-electron chi connectivity index (χ4n) is 1.36. The van der Waals surface area contributed by atoms with Gasteiger partial charge in [-0.1, -0.05) is 17.7 Å². The van der Waals surface area contributed by atoms with Crippen LogP contribution < -0.4 is 16.2 Å². The van der Waals surface area contributed by atoms with Gasteiger partial charge in [-0.25, -0.2) is 0 Å². The second kappa shape index (κ2) is 5.84. The lowest BCUT2D eigenvalue weighted by Gasteiger charge is -2.14. The zero-order chi connectivity index (χ0) is 13.0. The van der Waals surface area contributed by atoms with E-state index in [9.17, 15) is 4.79 Å². The molecule has 0 fully saturated rings. The summed E-state index contributed by atoms with van der Waals surface area (Å²) in [5.74, 6) is -0.221. The number of nitrogens with one attached hydrogen (secondary N) is 3. The van der Waals surface area contributed by atoms with E-state index in [1.807, 2.05) is 26.0 Å². The van der Waals surface area contributed by atoms with Crippen molar-refractivity contribution in [2.45, 2.75) is 20.8 Å². The molecular formula is C11H14ClN3OS. The number of anilines is 1. The van der Waals surface area contributed by atoms with Crippen molar-refractivity contribution in [3.05, 3.63) is 28.3 Å². The lowest BCUT2D eigenvalue weighted by molar-refractivity contribution is -0.119. The number of hydrogen-bond acceptors (Lipinski definition) is 2. The second-order valence-corrected chi connectivity index (χ2v) is 4.51. The van der Waals surface area contributed by atoms with E-state index in [0.717, 1.165) is 16.8 Å². The third kappa shape index (κ3) is 4.20. The molecule has 0 bridgehead atoms. The molecule has 92 valence electrons. The van der Waals surface area contributed by atoms with E-state index in [-0.39, 0.29) is 11.0 Å². The van der Waals surface area contributed by atoms with E-state index >= 15 is 0 Å². The Bertz CT molecular complexity index is 439. The first-order valence-electron chi connectivity index (χ1n) is 5.00. The zero-order valence-electron chi connectivity index (χ0n) is 9.85. The van der Waals surface area contributed by atoms with E-state index in [0.29, 0.717) is 5.02 Å². The molecule has 1 amide bonds. The number of carbonyl (C=O) groups excluding carboxylic acids is 1. The molecule has 6 heteroatoms. The number of halogens is 1. The van der Waals surface area contributed by atoms with E-state index in [4.69, 9.17) is 23.8 Å². The summed E-state index contributed by atoms with van der Waals surface area (Å²) in [6, 6.07) is 3.84. The van der Waals surface area contributed by atoms with Crippen LogP contribution in [0.3, 0.4) is 0 Å². The van der Waals surface area contributed by atoms with E-state index < -0.39 is 0 Å². The molecule has 0 aliphatic heterocycles. The van der Waals surface area contributed by atoms with Crippen molar-refractivity contribution in [2.75, 3.05) is 5.32 Å². The summed E-state index contributed by atoms with van der Waals surface area (Å²) < 4.78 is 0. The lowest BCUT2D eigenvalue weighted by Crippen LogP contribution is -2.42. The molecule has 1 aromatic rings. The van der Waals surface area contributed by atoms with Gasteiger partial charge in [0, 0.05) is 6.92 Å². The molecule has 0 spiro atoms. The highest BCUT2D eigenvalue weighted by molar-refractivity contribution is 7.80. The maximum atomic E-state index is 10.7. The van der Waals surface area contributed by atoms with Crippen LogP contribution in [-0.4, -0.2) is 11.0 Å². The van der Waals surface area contributed by atoms with Crippen LogP contribution in [0.2, 0.25) is 5.02 Å². The molecule has 0 unspecified atom stereocenters. The summed E-state index contributed by atoms with van der Waals surface area (Å²) in [5, 5.41) is 3.81. The molecule has 0 heterocycles. The number of hydrogen-bond donors (Lipinski definition) is 3. The topological polar surface area (TPSA) is 53.2 Å². The maximum Gasteiger partial charge on any atom is 0.235 e. The molecular weight excluding hydrogens is 258 g/mol. The van der Waals surface area contributed by atoms with Gasteiger partial charge >= 0.3 is 0 Å². The molecule has 3 N–H and O–H groups in total. The van der Waals surface area contributed by atoms with Crippen molar-refractivity contribution in [3.8, 4) is 0 Å². The molecule has 0 aliphatic rings. The largest absolute Gasteiger partial charge is 0.330 e. The summed E-state index contributed by atoms with van der Waals surface area (Å²) >= 11 is 11.1. The first-order valence-corrected chi connectivity index (χ1v) is 5.79. The number of benzene rings is 1. The highest BCUT2D eigenvalue weighted by Crippen LogP contribution is 2.27. The Hall–Kier alpha value is -1.33. The van der Waals surface area contributed by atoms with Crippen LogP contribution in [0.25, 0.3) is 0 Å². The van der Waals surface area contributed by atoms with Crippen LogP contribution in [0.15, 0.2) is 12.1 Å². The van der Waals surface area contributed by atoms with Gasteiger partial charge in [-0.3, -0.25) is 15.6 Å². The summed E-state index contributed by atoms with van der Waals surface area (Å²) in [5.41, 5.74) is 7.75. The monoisotopic (exact) mass is 271 g/mol. The average molecular weight is 272 g/mol. The Morgan fingerprint density at radius 3 is 2.47 bits per heavy atom. The molecule has 4 nitrogen and oxygen atoms in total. The van der Waals surface area contributed by atoms with Gasteiger partial charge in [0.2, 0.25) is 5.91 Å². The smallest absolute Gasteiger partial charge is 0.235 e. The highest BCUT2D eigenvalue weighted by atomic mass is 35.5. The van der Waals surface area contributed by atoms with Crippen molar-refractivity contribution in [1.82, 2.24) is 10.9 Å². The molecule has 0 atom stereocenters. The second-order valence-electron chi connectivity index (χ2n) is 3.70. The molecule has 1 rings (SSSR count). The SMILES string of the molecule is CC(=O)NNC(=S)Nc1c(C)cc(C)cc1Cl. The first-order chi connectivity index (χ1) is 7.90. The van der Waals surface area contributed by atoms with E-state index in [2.05, 4.69) is 16.2 Å². The van der Waals surface area contributed by atoms with Crippen molar-refractivity contribution in [2.24, 2.45) is 0 Å². The third-order valence-electron chi connectivity index (χ3n) is 2.02. The van der Waals surface area contributed by atoms with Crippen LogP contribution in [0.1, 0.15) is 18.1 Å². The molecule has 0 aromatic heterocycles. The standard InChI is InChI=1S/C11H14ClN3OS/c1-6-4-7(2)10(9(12)5-6)13-11(17)15-14-8(3)16/h4-5H,1-3H3,(H,14,16)(H2,13,15,17). The number of hydrazine groups is 1.